The lowest BCUT2D eigenvalue weighted by Gasteiger charge is -2.13. The van der Waals surface area contributed by atoms with Crippen LogP contribution >= 0.6 is 0 Å². The summed E-state index contributed by atoms with van der Waals surface area (Å²) in [5.74, 6) is -0.160. The number of aliphatic carboxylic acids is 1. The lowest BCUT2D eigenvalue weighted by atomic mass is 10.1. The Hall–Kier alpha value is -5.05. The average Bonchev–Trinajstić information content (AvgIpc) is 3.63. The number of hydrogen-bond acceptors (Lipinski definition) is 5. The fourth-order valence-corrected chi connectivity index (χ4v) is 4.90. The molecule has 0 radical (unpaired) electrons. The van der Waals surface area contributed by atoms with E-state index in [1.165, 1.54) is 6.21 Å². The molecule has 204 valence electrons. The summed E-state index contributed by atoms with van der Waals surface area (Å²) in [6, 6.07) is 21.9. The molecule has 9 nitrogen and oxygen atoms in total. The molecule has 1 atom stereocenters. The number of aryl methyl sites for hydroxylation is 2. The second kappa shape index (κ2) is 11.0. The van der Waals surface area contributed by atoms with Gasteiger partial charge in [0, 0.05) is 39.2 Å². The molecular formula is C31H30N4O5. The van der Waals surface area contributed by atoms with E-state index >= 15 is 0 Å². The number of ether oxygens (including phenoxy) is 1. The molecule has 9 heteroatoms. The number of carbonyl (C=O) groups excluding carboxylic acids is 1. The molecule has 2 N–H and O–H groups in total. The van der Waals surface area contributed by atoms with Crippen LogP contribution in [0.25, 0.3) is 16.6 Å². The molecule has 40 heavy (non-hydrogen) atoms. The van der Waals surface area contributed by atoms with Crippen LogP contribution in [-0.2, 0) is 11.4 Å². The molecule has 5 aromatic rings. The number of fused-ring (bicyclic) bond motifs is 1. The monoisotopic (exact) mass is 538 g/mol. The third kappa shape index (κ3) is 5.13. The molecule has 0 aliphatic rings. The predicted octanol–water partition coefficient (Wildman–Crippen LogP) is 5.94. The first kappa shape index (κ1) is 26.6. The number of carboxylic acid groups (broad SMARTS) is 1. The number of carbonyl (C=O) groups is 2. The first-order valence-corrected chi connectivity index (χ1v) is 12.9. The lowest BCUT2D eigenvalue weighted by Crippen LogP contribution is -2.17. The van der Waals surface area contributed by atoms with Crippen LogP contribution in [0, 0.1) is 20.8 Å². The van der Waals surface area contributed by atoms with Crippen molar-refractivity contribution >= 4 is 29.0 Å². The number of nitrogens with zero attached hydrogens (tertiary/aromatic N) is 3. The zero-order valence-corrected chi connectivity index (χ0v) is 22.7. The maximum atomic E-state index is 12.6. The van der Waals surface area contributed by atoms with Gasteiger partial charge in [-0.05, 0) is 82.3 Å². The standard InChI is InChI=1S/C31H30N4O5/c1-19-9-10-20(2)34(19)23-11-13-24(14-12-23)39-18-25-15-16-29(40-25)30(36)33-32-17-27-21(3)35(22(4)31(37)38)28-8-6-5-7-26(27)28/h5-17,22H,18H2,1-4H3,(H,33,36)(H,37,38)/b32-17+/t22-/m0/s1. The Balaban J connectivity index is 1.22. The highest BCUT2D eigenvalue weighted by atomic mass is 16.5. The number of benzene rings is 2. The van der Waals surface area contributed by atoms with E-state index in [9.17, 15) is 14.7 Å². The second-order valence-corrected chi connectivity index (χ2v) is 9.60. The third-order valence-electron chi connectivity index (χ3n) is 6.94. The van der Waals surface area contributed by atoms with Gasteiger partial charge in [0.25, 0.3) is 0 Å². The summed E-state index contributed by atoms with van der Waals surface area (Å²) >= 11 is 0. The van der Waals surface area contributed by atoms with Gasteiger partial charge in [-0.3, -0.25) is 4.79 Å². The van der Waals surface area contributed by atoms with E-state index in [2.05, 4.69) is 41.1 Å². The van der Waals surface area contributed by atoms with Gasteiger partial charge in [-0.15, -0.1) is 0 Å². The van der Waals surface area contributed by atoms with Crippen LogP contribution in [-0.4, -0.2) is 32.3 Å². The number of carboxylic acids is 1. The maximum Gasteiger partial charge on any atom is 0.326 e. The number of furan rings is 1. The van der Waals surface area contributed by atoms with Gasteiger partial charge < -0.3 is 23.4 Å². The molecule has 0 saturated heterocycles. The molecule has 0 bridgehead atoms. The highest BCUT2D eigenvalue weighted by molar-refractivity contribution is 6.02. The first-order chi connectivity index (χ1) is 19.2. The van der Waals surface area contributed by atoms with Gasteiger partial charge in [0.1, 0.15) is 24.2 Å². The van der Waals surface area contributed by atoms with Crippen LogP contribution < -0.4 is 10.2 Å². The van der Waals surface area contributed by atoms with Crippen LogP contribution in [0.1, 0.15) is 51.9 Å². The molecule has 0 unspecified atom stereocenters. The van der Waals surface area contributed by atoms with Gasteiger partial charge >= 0.3 is 11.9 Å². The van der Waals surface area contributed by atoms with E-state index in [-0.39, 0.29) is 12.4 Å². The summed E-state index contributed by atoms with van der Waals surface area (Å²) < 4.78 is 15.4. The van der Waals surface area contributed by atoms with E-state index in [0.717, 1.165) is 39.2 Å². The molecule has 5 rings (SSSR count). The number of rotatable bonds is 9. The van der Waals surface area contributed by atoms with E-state index in [4.69, 9.17) is 9.15 Å². The van der Waals surface area contributed by atoms with Crippen LogP contribution in [0.4, 0.5) is 0 Å². The number of nitrogens with one attached hydrogen (secondary N) is 1. The predicted molar refractivity (Wildman–Crippen MR) is 152 cm³/mol. The molecule has 0 fully saturated rings. The fraction of sp³-hybridized carbons (Fsp3) is 0.194. The molecular weight excluding hydrogens is 508 g/mol. The van der Waals surface area contributed by atoms with Crippen LogP contribution in [0.5, 0.6) is 5.75 Å². The van der Waals surface area contributed by atoms with Crippen molar-refractivity contribution in [2.75, 3.05) is 0 Å². The van der Waals surface area contributed by atoms with Gasteiger partial charge in [0.05, 0.1) is 6.21 Å². The Morgan fingerprint density at radius 1 is 1.00 bits per heavy atom. The summed E-state index contributed by atoms with van der Waals surface area (Å²) in [5, 5.41) is 14.5. The van der Waals surface area contributed by atoms with Gasteiger partial charge in [-0.25, -0.2) is 10.2 Å². The molecule has 0 saturated carbocycles. The highest BCUT2D eigenvalue weighted by Crippen LogP contribution is 2.28. The summed E-state index contributed by atoms with van der Waals surface area (Å²) in [5.41, 5.74) is 8.10. The Morgan fingerprint density at radius 3 is 2.40 bits per heavy atom. The number of hydrogen-bond donors (Lipinski definition) is 2. The molecule has 3 aromatic heterocycles. The minimum absolute atomic E-state index is 0.100. The van der Waals surface area contributed by atoms with Crippen molar-refractivity contribution < 1.29 is 23.8 Å². The maximum absolute atomic E-state index is 12.6. The molecule has 0 spiro atoms. The Labute approximate surface area is 231 Å². The summed E-state index contributed by atoms with van der Waals surface area (Å²) in [7, 11) is 0. The van der Waals surface area contributed by atoms with E-state index in [1.807, 2.05) is 55.5 Å². The molecule has 3 heterocycles. The SMILES string of the molecule is Cc1ccc(C)n1-c1ccc(OCc2ccc(C(=O)N/N=C/c3c(C)n([C@@H](C)C(=O)O)c4ccccc34)o2)cc1. The van der Waals surface area contributed by atoms with E-state index in [1.54, 1.807) is 23.6 Å². The Morgan fingerprint density at radius 2 is 1.70 bits per heavy atom. The van der Waals surface area contributed by atoms with Crippen molar-refractivity contribution in [3.05, 3.63) is 107 Å². The van der Waals surface area contributed by atoms with E-state index in [0.29, 0.717) is 11.5 Å². The number of hydrazone groups is 1. The quantitative estimate of drug-likeness (QED) is 0.178. The van der Waals surface area contributed by atoms with Crippen molar-refractivity contribution in [1.82, 2.24) is 14.6 Å². The van der Waals surface area contributed by atoms with Crippen molar-refractivity contribution in [2.24, 2.45) is 5.10 Å². The summed E-state index contributed by atoms with van der Waals surface area (Å²) in [6.45, 7) is 7.75. The van der Waals surface area contributed by atoms with Crippen molar-refractivity contribution in [3.8, 4) is 11.4 Å². The number of amides is 1. The highest BCUT2D eigenvalue weighted by Gasteiger charge is 2.21. The zero-order chi connectivity index (χ0) is 28.4. The number of para-hydroxylation sites is 1. The third-order valence-corrected chi connectivity index (χ3v) is 6.94. The van der Waals surface area contributed by atoms with Gasteiger partial charge in [0.15, 0.2) is 5.76 Å². The van der Waals surface area contributed by atoms with Gasteiger partial charge in [-0.2, -0.15) is 5.10 Å². The Kier molecular flexibility index (Phi) is 7.29. The van der Waals surface area contributed by atoms with Crippen LogP contribution in [0.2, 0.25) is 0 Å². The normalized spacial score (nSPS) is 12.2. The number of aromatic nitrogens is 2. The minimum atomic E-state index is -0.933. The topological polar surface area (TPSA) is 111 Å². The molecule has 0 aliphatic heterocycles. The average molecular weight is 539 g/mol. The first-order valence-electron chi connectivity index (χ1n) is 12.9. The zero-order valence-electron chi connectivity index (χ0n) is 22.7. The van der Waals surface area contributed by atoms with Crippen LogP contribution in [0.15, 0.2) is 82.3 Å². The summed E-state index contributed by atoms with van der Waals surface area (Å²) in [6.07, 6.45) is 1.52. The fourth-order valence-electron chi connectivity index (χ4n) is 4.90. The molecule has 2 aromatic carbocycles. The second-order valence-electron chi connectivity index (χ2n) is 9.60. The van der Waals surface area contributed by atoms with Crippen LogP contribution in [0.3, 0.4) is 0 Å². The van der Waals surface area contributed by atoms with Gasteiger partial charge in [0.2, 0.25) is 0 Å². The molecule has 0 aliphatic carbocycles. The molecule has 1 amide bonds. The van der Waals surface area contributed by atoms with Crippen molar-refractivity contribution in [3.63, 3.8) is 0 Å². The van der Waals surface area contributed by atoms with E-state index < -0.39 is 17.9 Å². The van der Waals surface area contributed by atoms with Gasteiger partial charge in [-0.1, -0.05) is 18.2 Å². The van der Waals surface area contributed by atoms with Crippen molar-refractivity contribution in [1.29, 1.82) is 0 Å². The Bertz CT molecular complexity index is 1700. The summed E-state index contributed by atoms with van der Waals surface area (Å²) in [4.78, 5) is 24.3. The smallest absolute Gasteiger partial charge is 0.326 e. The largest absolute Gasteiger partial charge is 0.486 e. The lowest BCUT2D eigenvalue weighted by molar-refractivity contribution is -0.140. The van der Waals surface area contributed by atoms with Crippen molar-refractivity contribution in [2.45, 2.75) is 40.3 Å². The minimum Gasteiger partial charge on any atom is -0.486 e.